The Hall–Kier alpha value is -2.43. The van der Waals surface area contributed by atoms with Gasteiger partial charge >= 0.3 is 0 Å². The number of hydrogen-bond donors (Lipinski definition) is 0. The Bertz CT molecular complexity index is 726. The van der Waals surface area contributed by atoms with Gasteiger partial charge in [0.15, 0.2) is 5.82 Å². The van der Waals surface area contributed by atoms with Crippen molar-refractivity contribution in [3.63, 3.8) is 0 Å². The molecule has 0 unspecified atom stereocenters. The fourth-order valence-corrected chi connectivity index (χ4v) is 2.75. The van der Waals surface area contributed by atoms with E-state index in [9.17, 15) is 0 Å². The van der Waals surface area contributed by atoms with E-state index in [4.69, 9.17) is 0 Å². The molecular formula is C15H15N5. The van der Waals surface area contributed by atoms with E-state index in [0.717, 1.165) is 36.0 Å². The van der Waals surface area contributed by atoms with Gasteiger partial charge in [0.1, 0.15) is 11.5 Å². The predicted octanol–water partition coefficient (Wildman–Crippen LogP) is 2.47. The van der Waals surface area contributed by atoms with Crippen LogP contribution in [0.4, 0.5) is 0 Å². The van der Waals surface area contributed by atoms with Crippen molar-refractivity contribution in [1.82, 2.24) is 24.3 Å². The molecule has 1 aliphatic heterocycles. The Morgan fingerprint density at radius 2 is 1.90 bits per heavy atom. The van der Waals surface area contributed by atoms with Crippen LogP contribution in [0.25, 0.3) is 17.2 Å². The smallest absolute Gasteiger partial charge is 0.182 e. The zero-order valence-electron chi connectivity index (χ0n) is 11.1. The third-order valence-electron chi connectivity index (χ3n) is 3.76. The molecule has 5 nitrogen and oxygen atoms in total. The molecule has 0 spiro atoms. The van der Waals surface area contributed by atoms with Crippen molar-refractivity contribution in [3.8, 4) is 17.2 Å². The van der Waals surface area contributed by atoms with Crippen LogP contribution in [0.1, 0.15) is 18.7 Å². The van der Waals surface area contributed by atoms with Crippen molar-refractivity contribution in [2.45, 2.75) is 25.8 Å². The maximum Gasteiger partial charge on any atom is 0.182 e. The Morgan fingerprint density at radius 1 is 1.00 bits per heavy atom. The number of aryl methyl sites for hydroxylation is 1. The summed E-state index contributed by atoms with van der Waals surface area (Å²) >= 11 is 0. The lowest BCUT2D eigenvalue weighted by Gasteiger charge is -2.15. The van der Waals surface area contributed by atoms with E-state index in [-0.39, 0.29) is 0 Å². The first-order valence-corrected chi connectivity index (χ1v) is 6.94. The van der Waals surface area contributed by atoms with E-state index in [1.54, 1.807) is 0 Å². The van der Waals surface area contributed by atoms with Gasteiger partial charge in [0.05, 0.1) is 12.5 Å². The van der Waals surface area contributed by atoms with E-state index in [1.807, 2.05) is 30.7 Å². The quantitative estimate of drug-likeness (QED) is 0.715. The molecule has 0 radical (unpaired) electrons. The molecule has 2 aromatic heterocycles. The van der Waals surface area contributed by atoms with Crippen molar-refractivity contribution in [2.24, 2.45) is 0 Å². The standard InChI is InChI=1S/C15H15N5/c1-2-6-12(7-3-1)20-11-16-10-13(20)15-18-17-14-8-4-5-9-19(14)15/h1-3,6-7,10-11H,4-5,8-9H2. The normalized spacial score (nSPS) is 14.2. The van der Waals surface area contributed by atoms with Crippen molar-refractivity contribution < 1.29 is 0 Å². The first-order chi connectivity index (χ1) is 9.93. The molecule has 0 fully saturated rings. The van der Waals surface area contributed by atoms with Gasteiger partial charge in [0, 0.05) is 18.7 Å². The third kappa shape index (κ3) is 1.74. The highest BCUT2D eigenvalue weighted by atomic mass is 15.3. The van der Waals surface area contributed by atoms with Gasteiger partial charge in [0.2, 0.25) is 0 Å². The summed E-state index contributed by atoms with van der Waals surface area (Å²) in [7, 11) is 0. The Balaban J connectivity index is 1.84. The second-order valence-electron chi connectivity index (χ2n) is 5.03. The molecular weight excluding hydrogens is 250 g/mol. The topological polar surface area (TPSA) is 48.5 Å². The SMILES string of the molecule is c1ccc(-n2cncc2-c2nnc3n2CCCC3)cc1. The number of nitrogens with zero attached hydrogens (tertiary/aromatic N) is 5. The lowest BCUT2D eigenvalue weighted by Crippen LogP contribution is -2.12. The van der Waals surface area contributed by atoms with Crippen molar-refractivity contribution in [2.75, 3.05) is 0 Å². The Labute approximate surface area is 116 Å². The van der Waals surface area contributed by atoms with E-state index in [1.165, 1.54) is 12.8 Å². The van der Waals surface area contributed by atoms with Gasteiger partial charge in [-0.2, -0.15) is 0 Å². The first kappa shape index (κ1) is 11.4. The van der Waals surface area contributed by atoms with Gasteiger partial charge in [-0.05, 0) is 25.0 Å². The van der Waals surface area contributed by atoms with Gasteiger partial charge in [-0.15, -0.1) is 10.2 Å². The zero-order valence-corrected chi connectivity index (χ0v) is 11.1. The van der Waals surface area contributed by atoms with Gasteiger partial charge in [-0.1, -0.05) is 18.2 Å². The minimum atomic E-state index is 0.918. The molecule has 1 aromatic carbocycles. The highest BCUT2D eigenvalue weighted by Crippen LogP contribution is 2.24. The van der Waals surface area contributed by atoms with Crippen molar-refractivity contribution in [1.29, 1.82) is 0 Å². The van der Waals surface area contributed by atoms with E-state index < -0.39 is 0 Å². The second-order valence-corrected chi connectivity index (χ2v) is 5.03. The second kappa shape index (κ2) is 4.59. The highest BCUT2D eigenvalue weighted by molar-refractivity contribution is 5.54. The first-order valence-electron chi connectivity index (χ1n) is 6.94. The molecule has 0 atom stereocenters. The summed E-state index contributed by atoms with van der Waals surface area (Å²) in [5.74, 6) is 2.01. The maximum absolute atomic E-state index is 4.38. The highest BCUT2D eigenvalue weighted by Gasteiger charge is 2.19. The molecule has 20 heavy (non-hydrogen) atoms. The lowest BCUT2D eigenvalue weighted by atomic mass is 10.1. The number of aromatic nitrogens is 5. The van der Waals surface area contributed by atoms with Crippen LogP contribution >= 0.6 is 0 Å². The van der Waals surface area contributed by atoms with Crippen LogP contribution in [0.2, 0.25) is 0 Å². The largest absolute Gasteiger partial charge is 0.310 e. The van der Waals surface area contributed by atoms with Gasteiger partial charge in [-0.25, -0.2) is 4.98 Å². The maximum atomic E-state index is 4.38. The average molecular weight is 265 g/mol. The number of rotatable bonds is 2. The predicted molar refractivity (Wildman–Crippen MR) is 75.5 cm³/mol. The van der Waals surface area contributed by atoms with Gasteiger partial charge in [-0.3, -0.25) is 4.57 Å². The van der Waals surface area contributed by atoms with E-state index >= 15 is 0 Å². The third-order valence-corrected chi connectivity index (χ3v) is 3.76. The molecule has 0 aliphatic carbocycles. The molecule has 1 aliphatic rings. The minimum Gasteiger partial charge on any atom is -0.310 e. The molecule has 0 N–H and O–H groups in total. The number of hydrogen-bond acceptors (Lipinski definition) is 3. The van der Waals surface area contributed by atoms with Crippen LogP contribution in [0.3, 0.4) is 0 Å². The van der Waals surface area contributed by atoms with Crippen molar-refractivity contribution >= 4 is 0 Å². The Morgan fingerprint density at radius 3 is 2.80 bits per heavy atom. The summed E-state index contributed by atoms with van der Waals surface area (Å²) in [6, 6.07) is 10.2. The fourth-order valence-electron chi connectivity index (χ4n) is 2.75. The molecule has 5 heteroatoms. The minimum absolute atomic E-state index is 0.918. The molecule has 3 aromatic rings. The van der Waals surface area contributed by atoms with Crippen molar-refractivity contribution in [3.05, 3.63) is 48.7 Å². The van der Waals surface area contributed by atoms with Crippen LogP contribution in [-0.4, -0.2) is 24.3 Å². The van der Waals surface area contributed by atoms with E-state index in [0.29, 0.717) is 0 Å². The molecule has 100 valence electrons. The summed E-state index contributed by atoms with van der Waals surface area (Å²) < 4.78 is 4.28. The van der Waals surface area contributed by atoms with Crippen LogP contribution < -0.4 is 0 Å². The lowest BCUT2D eigenvalue weighted by molar-refractivity contribution is 0.525. The van der Waals surface area contributed by atoms with Gasteiger partial charge < -0.3 is 4.57 Å². The Kier molecular flexibility index (Phi) is 2.62. The van der Waals surface area contributed by atoms with Crippen LogP contribution in [0, 0.1) is 0 Å². The summed E-state index contributed by atoms with van der Waals surface area (Å²) in [5.41, 5.74) is 2.09. The molecule has 3 heterocycles. The monoisotopic (exact) mass is 265 g/mol. The molecule has 0 saturated carbocycles. The summed E-state index contributed by atoms with van der Waals surface area (Å²) in [4.78, 5) is 4.29. The number of benzene rings is 1. The summed E-state index contributed by atoms with van der Waals surface area (Å²) in [6.45, 7) is 0.998. The number of fused-ring (bicyclic) bond motifs is 1. The zero-order chi connectivity index (χ0) is 13.4. The van der Waals surface area contributed by atoms with Crippen LogP contribution in [0.5, 0.6) is 0 Å². The van der Waals surface area contributed by atoms with Crippen LogP contribution in [-0.2, 0) is 13.0 Å². The molecule has 0 amide bonds. The van der Waals surface area contributed by atoms with Crippen LogP contribution in [0.15, 0.2) is 42.9 Å². The summed E-state index contributed by atoms with van der Waals surface area (Å²) in [5, 5.41) is 8.70. The number of imidazole rings is 1. The fraction of sp³-hybridized carbons (Fsp3) is 0.267. The molecule has 0 saturated heterocycles. The molecule has 0 bridgehead atoms. The van der Waals surface area contributed by atoms with Gasteiger partial charge in [0.25, 0.3) is 0 Å². The molecule has 4 rings (SSSR count). The summed E-state index contributed by atoms with van der Waals surface area (Å²) in [6.07, 6.45) is 7.11. The average Bonchev–Trinajstić information content (AvgIpc) is 3.14. The number of para-hydroxylation sites is 1. The van der Waals surface area contributed by atoms with E-state index in [2.05, 4.69) is 36.4 Å².